The quantitative estimate of drug-likeness (QED) is 0.670. The van der Waals surface area contributed by atoms with Crippen LogP contribution in [-0.4, -0.2) is 52.9 Å². The first-order valence-electron chi connectivity index (χ1n) is 9.21. The number of primary amides is 1. The van der Waals surface area contributed by atoms with Crippen molar-refractivity contribution in [3.63, 3.8) is 0 Å². The molecule has 11 heteroatoms. The highest BCUT2D eigenvalue weighted by Crippen LogP contribution is 2.24. The van der Waals surface area contributed by atoms with Gasteiger partial charge in [-0.25, -0.2) is 9.78 Å². The molecule has 11 nitrogen and oxygen atoms in total. The lowest BCUT2D eigenvalue weighted by atomic mass is 10.2. The topological polar surface area (TPSA) is 136 Å². The van der Waals surface area contributed by atoms with Crippen LogP contribution in [0.5, 0.6) is 0 Å². The first-order valence-corrected chi connectivity index (χ1v) is 9.21. The molecule has 0 atom stereocenters. The Balaban J connectivity index is 2.09. The molecule has 2 aromatic rings. The molecular formula is C19H25N7O4. The third kappa shape index (κ3) is 4.29. The zero-order valence-electron chi connectivity index (χ0n) is 17.5. The van der Waals surface area contributed by atoms with E-state index in [1.807, 2.05) is 12.2 Å². The maximum Gasteiger partial charge on any atom is 0.415 e. The summed E-state index contributed by atoms with van der Waals surface area (Å²) in [7, 11) is 3.09. The number of methoxy groups -OCH3 is 1. The van der Waals surface area contributed by atoms with Gasteiger partial charge >= 0.3 is 6.09 Å². The van der Waals surface area contributed by atoms with Gasteiger partial charge in [0.15, 0.2) is 5.65 Å². The minimum Gasteiger partial charge on any atom is -0.481 e. The van der Waals surface area contributed by atoms with Gasteiger partial charge < -0.3 is 25.8 Å². The molecule has 160 valence electrons. The van der Waals surface area contributed by atoms with Gasteiger partial charge in [-0.3, -0.25) is 9.69 Å². The van der Waals surface area contributed by atoms with Crippen molar-refractivity contribution in [3.8, 4) is 0 Å². The van der Waals surface area contributed by atoms with E-state index in [1.54, 1.807) is 41.0 Å². The van der Waals surface area contributed by atoms with Crippen molar-refractivity contribution in [1.82, 2.24) is 19.9 Å². The molecule has 4 N–H and O–H groups in total. The summed E-state index contributed by atoms with van der Waals surface area (Å²) >= 11 is 0. The minimum atomic E-state index is -0.684. The predicted octanol–water partition coefficient (Wildman–Crippen LogP) is 1.59. The van der Waals surface area contributed by atoms with Crippen LogP contribution in [-0.2, 0) is 9.47 Å². The average molecular weight is 415 g/mol. The second-order valence-electron chi connectivity index (χ2n) is 7.55. The van der Waals surface area contributed by atoms with Gasteiger partial charge in [-0.1, -0.05) is 6.08 Å². The number of dihydropyridines is 1. The van der Waals surface area contributed by atoms with Crippen molar-refractivity contribution in [3.05, 3.63) is 41.6 Å². The number of rotatable bonds is 5. The second kappa shape index (κ2) is 7.93. The van der Waals surface area contributed by atoms with Gasteiger partial charge in [-0.05, 0) is 26.8 Å². The molecule has 0 unspecified atom stereocenters. The smallest absolute Gasteiger partial charge is 0.415 e. The van der Waals surface area contributed by atoms with Crippen molar-refractivity contribution < 1.29 is 19.1 Å². The SMILES string of the molecule is COC1=C(Nc2cc(N(C)C(=O)OC(C)(C)C)n3ncc(C(N)=O)c3n2)C=CCN1. The lowest BCUT2D eigenvalue weighted by molar-refractivity contribution is 0.0587. The maximum absolute atomic E-state index is 12.6. The standard InChI is InChI=1S/C19H25N7O4/c1-19(2,3)30-18(28)25(4)14-9-13(23-12-7-6-8-21-17(12)29-5)24-16-11(15(20)27)10-22-26(14)16/h6-7,9-10,21H,8H2,1-5H3,(H2,20,27)(H,23,24). The first kappa shape index (κ1) is 21.0. The molecular weight excluding hydrogens is 390 g/mol. The molecule has 1 aliphatic rings. The van der Waals surface area contributed by atoms with Crippen molar-refractivity contribution in [2.24, 2.45) is 5.73 Å². The molecule has 0 saturated heterocycles. The van der Waals surface area contributed by atoms with Crippen LogP contribution >= 0.6 is 0 Å². The highest BCUT2D eigenvalue weighted by molar-refractivity contribution is 5.99. The van der Waals surface area contributed by atoms with Crippen LogP contribution < -0.4 is 21.3 Å². The Kier molecular flexibility index (Phi) is 5.54. The summed E-state index contributed by atoms with van der Waals surface area (Å²) in [5.41, 5.74) is 5.73. The van der Waals surface area contributed by atoms with E-state index in [2.05, 4.69) is 20.7 Å². The number of carbonyl (C=O) groups excluding carboxylic acids is 2. The van der Waals surface area contributed by atoms with Gasteiger partial charge in [0, 0.05) is 19.7 Å². The Hall–Kier alpha value is -3.76. The van der Waals surface area contributed by atoms with E-state index < -0.39 is 17.6 Å². The van der Waals surface area contributed by atoms with E-state index in [-0.39, 0.29) is 11.2 Å². The third-order valence-electron chi connectivity index (χ3n) is 4.11. The van der Waals surface area contributed by atoms with Crippen LogP contribution in [0.4, 0.5) is 16.4 Å². The molecule has 0 aromatic carbocycles. The number of nitrogens with two attached hydrogens (primary N) is 1. The maximum atomic E-state index is 12.6. The molecule has 0 radical (unpaired) electrons. The van der Waals surface area contributed by atoms with Crippen LogP contribution in [0.25, 0.3) is 5.65 Å². The molecule has 3 heterocycles. The number of carbonyl (C=O) groups is 2. The number of hydrogen-bond donors (Lipinski definition) is 3. The Morgan fingerprint density at radius 3 is 2.73 bits per heavy atom. The van der Waals surface area contributed by atoms with E-state index in [4.69, 9.17) is 15.2 Å². The summed E-state index contributed by atoms with van der Waals surface area (Å²) in [6, 6.07) is 1.61. The highest BCUT2D eigenvalue weighted by Gasteiger charge is 2.25. The normalized spacial score (nSPS) is 13.8. The summed E-state index contributed by atoms with van der Waals surface area (Å²) in [5, 5.41) is 10.4. The van der Waals surface area contributed by atoms with Gasteiger partial charge in [0.2, 0.25) is 5.88 Å². The number of aromatic nitrogens is 3. The number of amides is 2. The number of nitrogens with zero attached hydrogens (tertiary/aromatic N) is 4. The van der Waals surface area contributed by atoms with Gasteiger partial charge in [0.05, 0.1) is 13.3 Å². The van der Waals surface area contributed by atoms with Crippen LogP contribution in [0.15, 0.2) is 36.0 Å². The summed E-state index contributed by atoms with van der Waals surface area (Å²) in [6.07, 6.45) is 4.46. The number of nitrogens with one attached hydrogen (secondary N) is 2. The molecule has 0 aliphatic carbocycles. The molecule has 30 heavy (non-hydrogen) atoms. The van der Waals surface area contributed by atoms with Crippen molar-refractivity contribution in [2.75, 3.05) is 30.9 Å². The van der Waals surface area contributed by atoms with Gasteiger partial charge in [-0.2, -0.15) is 9.61 Å². The Labute approximate surface area is 173 Å². The fraction of sp³-hybridized carbons (Fsp3) is 0.368. The second-order valence-corrected chi connectivity index (χ2v) is 7.55. The number of anilines is 2. The molecule has 1 aliphatic heterocycles. The van der Waals surface area contributed by atoms with Crippen LogP contribution in [0.1, 0.15) is 31.1 Å². The van der Waals surface area contributed by atoms with Gasteiger partial charge in [0.25, 0.3) is 5.91 Å². The van der Waals surface area contributed by atoms with E-state index in [0.717, 1.165) is 0 Å². The molecule has 2 amide bonds. The third-order valence-corrected chi connectivity index (χ3v) is 4.11. The zero-order valence-corrected chi connectivity index (χ0v) is 17.5. The average Bonchev–Trinajstić information content (AvgIpc) is 3.10. The van der Waals surface area contributed by atoms with E-state index in [9.17, 15) is 9.59 Å². The van der Waals surface area contributed by atoms with Crippen molar-refractivity contribution in [1.29, 1.82) is 0 Å². The van der Waals surface area contributed by atoms with Crippen molar-refractivity contribution in [2.45, 2.75) is 26.4 Å². The summed E-state index contributed by atoms with van der Waals surface area (Å²) in [5.74, 6) is 0.534. The molecule has 0 bridgehead atoms. The summed E-state index contributed by atoms with van der Waals surface area (Å²) in [6.45, 7) is 5.94. The van der Waals surface area contributed by atoms with Gasteiger partial charge in [-0.15, -0.1) is 0 Å². The molecule has 0 fully saturated rings. The number of fused-ring (bicyclic) bond motifs is 1. The fourth-order valence-corrected chi connectivity index (χ4v) is 2.77. The van der Waals surface area contributed by atoms with E-state index in [1.165, 1.54) is 15.6 Å². The lowest BCUT2D eigenvalue weighted by Gasteiger charge is -2.25. The Morgan fingerprint density at radius 2 is 2.10 bits per heavy atom. The van der Waals surface area contributed by atoms with E-state index >= 15 is 0 Å². The van der Waals surface area contributed by atoms with E-state index in [0.29, 0.717) is 29.8 Å². The molecule has 3 rings (SSSR count). The molecule has 0 saturated carbocycles. The number of ether oxygens (including phenoxy) is 2. The first-order chi connectivity index (χ1) is 14.1. The zero-order chi connectivity index (χ0) is 22.1. The molecule has 2 aromatic heterocycles. The minimum absolute atomic E-state index is 0.121. The Morgan fingerprint density at radius 1 is 1.37 bits per heavy atom. The fourth-order valence-electron chi connectivity index (χ4n) is 2.77. The lowest BCUT2D eigenvalue weighted by Crippen LogP contribution is -2.35. The highest BCUT2D eigenvalue weighted by atomic mass is 16.6. The number of hydrogen-bond acceptors (Lipinski definition) is 8. The summed E-state index contributed by atoms with van der Waals surface area (Å²) < 4.78 is 12.1. The van der Waals surface area contributed by atoms with Crippen molar-refractivity contribution >= 4 is 29.3 Å². The Bertz CT molecular complexity index is 1050. The van der Waals surface area contributed by atoms with Crippen LogP contribution in [0, 0.1) is 0 Å². The van der Waals surface area contributed by atoms with Crippen LogP contribution in [0.2, 0.25) is 0 Å². The monoisotopic (exact) mass is 415 g/mol. The largest absolute Gasteiger partial charge is 0.481 e. The predicted molar refractivity (Wildman–Crippen MR) is 111 cm³/mol. The molecule has 0 spiro atoms. The summed E-state index contributed by atoms with van der Waals surface area (Å²) in [4.78, 5) is 30.2. The number of allylic oxidation sites excluding steroid dienone is 1. The van der Waals surface area contributed by atoms with Gasteiger partial charge in [0.1, 0.15) is 28.5 Å². The van der Waals surface area contributed by atoms with Crippen LogP contribution in [0.3, 0.4) is 0 Å².